The summed E-state index contributed by atoms with van der Waals surface area (Å²) in [5.41, 5.74) is 0. The first-order chi connectivity index (χ1) is 20.0. The van der Waals surface area contributed by atoms with Gasteiger partial charge in [-0.2, -0.15) is 0 Å². The molecule has 0 bridgehead atoms. The average molecular weight is 621 g/mol. The maximum atomic E-state index is 12.1. The van der Waals surface area contributed by atoms with Crippen molar-refractivity contribution in [3.8, 4) is 0 Å². The van der Waals surface area contributed by atoms with E-state index in [1.807, 2.05) is 0 Å². The van der Waals surface area contributed by atoms with Crippen molar-refractivity contribution in [3.05, 3.63) is 0 Å². The second-order valence-electron chi connectivity index (χ2n) is 9.64. The summed E-state index contributed by atoms with van der Waals surface area (Å²) in [6.07, 6.45) is -14.6. The van der Waals surface area contributed by atoms with Gasteiger partial charge >= 0.3 is 41.8 Å². The maximum Gasteiger partial charge on any atom is 0.305 e. The zero-order valence-electron chi connectivity index (χ0n) is 24.9. The minimum absolute atomic E-state index is 0.521. The minimum atomic E-state index is -1.68. The first kappa shape index (κ1) is 35.4. The van der Waals surface area contributed by atoms with Crippen LogP contribution < -0.4 is 0 Å². The Hall–Kier alpha value is -3.83. The second-order valence-corrected chi connectivity index (χ2v) is 9.64. The van der Waals surface area contributed by atoms with Gasteiger partial charge in [-0.15, -0.1) is 0 Å². The predicted molar refractivity (Wildman–Crippen MR) is 134 cm³/mol. The van der Waals surface area contributed by atoms with E-state index in [0.717, 1.165) is 48.5 Å². The molecule has 0 spiro atoms. The Morgan fingerprint density at radius 2 is 0.860 bits per heavy atom. The van der Waals surface area contributed by atoms with Crippen LogP contribution in [-0.4, -0.2) is 110 Å². The highest BCUT2D eigenvalue weighted by Crippen LogP contribution is 2.35. The van der Waals surface area contributed by atoms with Crippen molar-refractivity contribution < 1.29 is 80.9 Å². The highest BCUT2D eigenvalue weighted by Gasteiger charge is 2.57. The third-order valence-electron chi connectivity index (χ3n) is 5.85. The van der Waals surface area contributed by atoms with Crippen molar-refractivity contribution >= 4 is 41.8 Å². The Balaban J connectivity index is 2.61. The molecule has 0 aromatic heterocycles. The van der Waals surface area contributed by atoms with Crippen LogP contribution in [0.1, 0.15) is 55.4 Å². The number of hydrogen-bond donors (Lipinski definition) is 0. The van der Waals surface area contributed by atoms with E-state index in [9.17, 15) is 33.6 Å². The fourth-order valence-corrected chi connectivity index (χ4v) is 4.51. The van der Waals surface area contributed by atoms with Crippen LogP contribution in [0.5, 0.6) is 0 Å². The monoisotopic (exact) mass is 620 g/mol. The molecular formula is C26H36O17. The number of ether oxygens (including phenoxy) is 10. The highest BCUT2D eigenvalue weighted by atomic mass is 16.8. The molecule has 2 aliphatic heterocycles. The van der Waals surface area contributed by atoms with Gasteiger partial charge in [0.25, 0.3) is 0 Å². The van der Waals surface area contributed by atoms with Crippen LogP contribution in [0.4, 0.5) is 0 Å². The first-order valence-corrected chi connectivity index (χ1v) is 13.1. The predicted octanol–water partition coefficient (Wildman–Crippen LogP) is -0.374. The molecule has 242 valence electrons. The molecule has 2 saturated heterocycles. The molecule has 0 N–H and O–H groups in total. The molecule has 17 nitrogen and oxygen atoms in total. The van der Waals surface area contributed by atoms with E-state index in [-0.39, 0.29) is 0 Å². The number of carbonyl (C=O) groups is 7. The van der Waals surface area contributed by atoms with Crippen LogP contribution in [0.25, 0.3) is 0 Å². The third kappa shape index (κ3) is 10.4. The number of hydrogen-bond acceptors (Lipinski definition) is 17. The van der Waals surface area contributed by atoms with Crippen LogP contribution in [0.2, 0.25) is 0 Å². The smallest absolute Gasteiger partial charge is 0.305 e. The van der Waals surface area contributed by atoms with Crippen molar-refractivity contribution in [2.45, 2.75) is 117 Å². The van der Waals surface area contributed by atoms with Crippen LogP contribution >= 0.6 is 0 Å². The summed E-state index contributed by atoms with van der Waals surface area (Å²) in [4.78, 5) is 83.6. The molecule has 0 amide bonds. The zero-order valence-corrected chi connectivity index (χ0v) is 24.9. The summed E-state index contributed by atoms with van der Waals surface area (Å²) in [6, 6.07) is 0. The van der Waals surface area contributed by atoms with Gasteiger partial charge in [-0.05, 0) is 6.92 Å². The normalized spacial score (nSPS) is 31.9. The Labute approximate surface area is 246 Å². The van der Waals surface area contributed by atoms with Crippen molar-refractivity contribution in [2.75, 3.05) is 6.61 Å². The van der Waals surface area contributed by atoms with Crippen LogP contribution in [0.3, 0.4) is 0 Å². The van der Waals surface area contributed by atoms with E-state index in [4.69, 9.17) is 47.4 Å². The molecule has 2 heterocycles. The lowest BCUT2D eigenvalue weighted by Gasteiger charge is -2.48. The van der Waals surface area contributed by atoms with E-state index < -0.39 is 110 Å². The molecule has 2 aliphatic rings. The topological polar surface area (TPSA) is 212 Å². The van der Waals surface area contributed by atoms with E-state index in [1.165, 1.54) is 6.92 Å². The Kier molecular flexibility index (Phi) is 12.8. The Bertz CT molecular complexity index is 1070. The SMILES string of the molecule is CC(=O)OCC1OC(OC2C(C)OC(OC(C)=O)C(OC(C)=O)C2OC(C)=O)C(OC(C)=O)C(OC(C)=O)C1OC(C)=O. The van der Waals surface area contributed by atoms with Gasteiger partial charge in [-0.1, -0.05) is 0 Å². The molecule has 10 atom stereocenters. The Morgan fingerprint density at radius 3 is 1.30 bits per heavy atom. The molecule has 0 aromatic carbocycles. The summed E-state index contributed by atoms with van der Waals surface area (Å²) in [6.45, 7) is 8.41. The molecule has 0 saturated carbocycles. The number of rotatable bonds is 10. The summed E-state index contributed by atoms with van der Waals surface area (Å²) in [5, 5.41) is 0. The fraction of sp³-hybridized carbons (Fsp3) is 0.731. The molecule has 0 aromatic rings. The van der Waals surface area contributed by atoms with E-state index in [1.54, 1.807) is 0 Å². The van der Waals surface area contributed by atoms with Gasteiger partial charge in [0.05, 0.1) is 6.10 Å². The summed E-state index contributed by atoms with van der Waals surface area (Å²) in [5.74, 6) is -5.77. The fourth-order valence-electron chi connectivity index (χ4n) is 4.51. The standard InChI is InChI=1S/C26H36O17/c1-10-19(21(37-13(4)29)23(39-15(6)31)25(35-10)41-17(8)33)43-26-24(40-16(7)32)22(38-14(5)30)20(36-12(3)28)18(42-26)9-34-11(2)27/h10,18-26H,9H2,1-8H3. The molecule has 10 unspecified atom stereocenters. The van der Waals surface area contributed by atoms with Crippen molar-refractivity contribution in [3.63, 3.8) is 0 Å². The molecule has 2 rings (SSSR count). The van der Waals surface area contributed by atoms with Gasteiger partial charge in [-0.25, -0.2) is 0 Å². The molecule has 0 radical (unpaired) electrons. The Morgan fingerprint density at radius 1 is 0.465 bits per heavy atom. The quantitative estimate of drug-likeness (QED) is 0.225. The molecule has 0 aliphatic carbocycles. The van der Waals surface area contributed by atoms with Crippen molar-refractivity contribution in [1.29, 1.82) is 0 Å². The molecule has 17 heteroatoms. The van der Waals surface area contributed by atoms with Gasteiger partial charge in [0, 0.05) is 48.5 Å². The van der Waals surface area contributed by atoms with Crippen LogP contribution in [0.15, 0.2) is 0 Å². The van der Waals surface area contributed by atoms with Crippen molar-refractivity contribution in [2.24, 2.45) is 0 Å². The van der Waals surface area contributed by atoms with Gasteiger partial charge in [0.2, 0.25) is 12.4 Å². The van der Waals surface area contributed by atoms with E-state index >= 15 is 0 Å². The maximum absolute atomic E-state index is 12.1. The molecule has 2 fully saturated rings. The van der Waals surface area contributed by atoms with Gasteiger partial charge < -0.3 is 47.4 Å². The van der Waals surface area contributed by atoms with Crippen LogP contribution in [-0.2, 0) is 80.9 Å². The van der Waals surface area contributed by atoms with E-state index in [0.29, 0.717) is 0 Å². The van der Waals surface area contributed by atoms with Crippen LogP contribution in [0, 0.1) is 0 Å². The largest absolute Gasteiger partial charge is 0.463 e. The molecular weight excluding hydrogens is 584 g/mol. The average Bonchev–Trinajstić information content (AvgIpc) is 2.84. The van der Waals surface area contributed by atoms with Gasteiger partial charge in [0.15, 0.2) is 30.7 Å². The highest BCUT2D eigenvalue weighted by molar-refractivity contribution is 5.69. The molecule has 43 heavy (non-hydrogen) atoms. The first-order valence-electron chi connectivity index (χ1n) is 13.1. The third-order valence-corrected chi connectivity index (χ3v) is 5.85. The van der Waals surface area contributed by atoms with Gasteiger partial charge in [0.1, 0.15) is 18.8 Å². The summed E-state index contributed by atoms with van der Waals surface area (Å²) in [7, 11) is 0. The summed E-state index contributed by atoms with van der Waals surface area (Å²) < 4.78 is 54.8. The minimum Gasteiger partial charge on any atom is -0.463 e. The lowest BCUT2D eigenvalue weighted by atomic mass is 9.96. The lowest BCUT2D eigenvalue weighted by molar-refractivity contribution is -0.354. The van der Waals surface area contributed by atoms with Gasteiger partial charge in [-0.3, -0.25) is 33.6 Å². The van der Waals surface area contributed by atoms with Crippen molar-refractivity contribution in [1.82, 2.24) is 0 Å². The zero-order chi connectivity index (χ0) is 32.6. The van der Waals surface area contributed by atoms with E-state index in [2.05, 4.69) is 0 Å². The summed E-state index contributed by atoms with van der Waals surface area (Å²) >= 11 is 0. The number of carbonyl (C=O) groups excluding carboxylic acids is 7. The lowest BCUT2D eigenvalue weighted by Crippen LogP contribution is -2.66. The second kappa shape index (κ2) is 15.6. The number of esters is 7.